The van der Waals surface area contributed by atoms with Crippen molar-refractivity contribution in [2.24, 2.45) is 7.05 Å². The van der Waals surface area contributed by atoms with Crippen molar-refractivity contribution in [3.63, 3.8) is 0 Å². The molecule has 0 fully saturated rings. The van der Waals surface area contributed by atoms with E-state index in [0.717, 1.165) is 15.9 Å². The Morgan fingerprint density at radius 1 is 1.36 bits per heavy atom. The fourth-order valence-electron chi connectivity index (χ4n) is 1.30. The number of nitrogens with zero attached hydrogens (tertiary/aromatic N) is 3. The molecule has 1 aromatic carbocycles. The van der Waals surface area contributed by atoms with Crippen molar-refractivity contribution in [2.75, 3.05) is 0 Å². The molecule has 72 valence electrons. The predicted molar refractivity (Wildman–Crippen MR) is 58.9 cm³/mol. The maximum atomic E-state index is 4.27. The van der Waals surface area contributed by atoms with Crippen LogP contribution in [0.3, 0.4) is 0 Å². The van der Waals surface area contributed by atoms with E-state index in [1.165, 1.54) is 5.56 Å². The van der Waals surface area contributed by atoms with Crippen LogP contribution in [0.25, 0.3) is 11.4 Å². The van der Waals surface area contributed by atoms with Gasteiger partial charge in [0.25, 0.3) is 0 Å². The lowest BCUT2D eigenvalue weighted by molar-refractivity contribution is 0.768. The third-order valence-corrected chi connectivity index (χ3v) is 2.53. The Hall–Kier alpha value is -1.16. The third-order valence-electron chi connectivity index (χ3n) is 2.04. The van der Waals surface area contributed by atoms with Gasteiger partial charge in [-0.2, -0.15) is 5.10 Å². The fourth-order valence-corrected chi connectivity index (χ4v) is 1.66. The zero-order valence-electron chi connectivity index (χ0n) is 8.03. The molecule has 0 aliphatic rings. The van der Waals surface area contributed by atoms with Crippen LogP contribution in [0.4, 0.5) is 0 Å². The SMILES string of the molecule is Cc1ccc(Br)cc1-c1ncn(C)n1. The smallest absolute Gasteiger partial charge is 0.181 e. The van der Waals surface area contributed by atoms with Gasteiger partial charge in [0.1, 0.15) is 6.33 Å². The molecule has 3 nitrogen and oxygen atoms in total. The van der Waals surface area contributed by atoms with Gasteiger partial charge in [-0.15, -0.1) is 0 Å². The van der Waals surface area contributed by atoms with Crippen molar-refractivity contribution in [1.29, 1.82) is 0 Å². The van der Waals surface area contributed by atoms with E-state index in [4.69, 9.17) is 0 Å². The van der Waals surface area contributed by atoms with Crippen LogP contribution in [0.5, 0.6) is 0 Å². The summed E-state index contributed by atoms with van der Waals surface area (Å²) in [5.74, 6) is 0.770. The molecule has 0 spiro atoms. The summed E-state index contributed by atoms with van der Waals surface area (Å²) in [6.07, 6.45) is 1.70. The molecule has 0 aliphatic carbocycles. The number of rotatable bonds is 1. The second-order valence-electron chi connectivity index (χ2n) is 3.20. The lowest BCUT2D eigenvalue weighted by atomic mass is 10.1. The highest BCUT2D eigenvalue weighted by Gasteiger charge is 2.06. The van der Waals surface area contributed by atoms with Crippen molar-refractivity contribution >= 4 is 15.9 Å². The summed E-state index contributed by atoms with van der Waals surface area (Å²) in [5.41, 5.74) is 2.25. The second-order valence-corrected chi connectivity index (χ2v) is 4.12. The van der Waals surface area contributed by atoms with Gasteiger partial charge in [-0.05, 0) is 24.6 Å². The van der Waals surface area contributed by atoms with Gasteiger partial charge in [-0.25, -0.2) is 4.98 Å². The Morgan fingerprint density at radius 3 is 2.79 bits per heavy atom. The standard InChI is InChI=1S/C10H10BrN3/c1-7-3-4-8(11)5-9(7)10-12-6-14(2)13-10/h3-6H,1-2H3. The van der Waals surface area contributed by atoms with Crippen molar-refractivity contribution in [2.45, 2.75) is 6.92 Å². The van der Waals surface area contributed by atoms with E-state index < -0.39 is 0 Å². The van der Waals surface area contributed by atoms with Gasteiger partial charge >= 0.3 is 0 Å². The average Bonchev–Trinajstić information content (AvgIpc) is 2.56. The Morgan fingerprint density at radius 2 is 2.14 bits per heavy atom. The highest BCUT2D eigenvalue weighted by atomic mass is 79.9. The van der Waals surface area contributed by atoms with Crippen molar-refractivity contribution in [3.05, 3.63) is 34.6 Å². The molecule has 0 saturated heterocycles. The first-order chi connectivity index (χ1) is 6.66. The van der Waals surface area contributed by atoms with E-state index in [1.54, 1.807) is 11.0 Å². The summed E-state index contributed by atoms with van der Waals surface area (Å²) in [7, 11) is 1.86. The van der Waals surface area contributed by atoms with E-state index in [9.17, 15) is 0 Å². The molecule has 0 saturated carbocycles. The number of halogens is 1. The first-order valence-corrected chi connectivity index (χ1v) is 5.08. The number of hydrogen-bond acceptors (Lipinski definition) is 2. The minimum Gasteiger partial charge on any atom is -0.255 e. The van der Waals surface area contributed by atoms with E-state index in [1.807, 2.05) is 19.2 Å². The van der Waals surface area contributed by atoms with Crippen LogP contribution < -0.4 is 0 Å². The van der Waals surface area contributed by atoms with Gasteiger partial charge in [-0.3, -0.25) is 4.68 Å². The molecule has 2 aromatic rings. The van der Waals surface area contributed by atoms with Crippen LogP contribution in [0, 0.1) is 6.92 Å². The van der Waals surface area contributed by atoms with Crippen LogP contribution in [0.2, 0.25) is 0 Å². The summed E-state index contributed by atoms with van der Waals surface area (Å²) in [5, 5.41) is 4.27. The van der Waals surface area contributed by atoms with Gasteiger partial charge < -0.3 is 0 Å². The Balaban J connectivity index is 2.55. The molecule has 2 rings (SSSR count). The maximum Gasteiger partial charge on any atom is 0.181 e. The molecule has 0 radical (unpaired) electrons. The summed E-state index contributed by atoms with van der Waals surface area (Å²) in [6.45, 7) is 2.05. The molecule has 4 heteroatoms. The maximum absolute atomic E-state index is 4.27. The normalized spacial score (nSPS) is 10.5. The van der Waals surface area contributed by atoms with Gasteiger partial charge in [0, 0.05) is 17.1 Å². The largest absolute Gasteiger partial charge is 0.255 e. The fraction of sp³-hybridized carbons (Fsp3) is 0.200. The zero-order chi connectivity index (χ0) is 10.1. The molecule has 14 heavy (non-hydrogen) atoms. The number of benzene rings is 1. The summed E-state index contributed by atoms with van der Waals surface area (Å²) in [6, 6.07) is 6.10. The van der Waals surface area contributed by atoms with E-state index >= 15 is 0 Å². The molecule has 0 atom stereocenters. The lowest BCUT2D eigenvalue weighted by Crippen LogP contribution is -1.89. The van der Waals surface area contributed by atoms with Crippen LogP contribution in [0.1, 0.15) is 5.56 Å². The quantitative estimate of drug-likeness (QED) is 0.780. The first kappa shape index (κ1) is 9.40. The van der Waals surface area contributed by atoms with Gasteiger partial charge in [-0.1, -0.05) is 22.0 Å². The van der Waals surface area contributed by atoms with Crippen molar-refractivity contribution in [3.8, 4) is 11.4 Å². The highest BCUT2D eigenvalue weighted by Crippen LogP contribution is 2.23. The molecule has 0 unspecified atom stereocenters. The van der Waals surface area contributed by atoms with Crippen LogP contribution in [-0.4, -0.2) is 14.8 Å². The highest BCUT2D eigenvalue weighted by molar-refractivity contribution is 9.10. The molecule has 0 aliphatic heterocycles. The molecule has 0 bridgehead atoms. The van der Waals surface area contributed by atoms with Gasteiger partial charge in [0.2, 0.25) is 0 Å². The van der Waals surface area contributed by atoms with Gasteiger partial charge in [0.15, 0.2) is 5.82 Å². The zero-order valence-corrected chi connectivity index (χ0v) is 9.62. The molecular weight excluding hydrogens is 242 g/mol. The summed E-state index contributed by atoms with van der Waals surface area (Å²) >= 11 is 3.44. The molecule has 0 N–H and O–H groups in total. The summed E-state index contributed by atoms with van der Waals surface area (Å²) in [4.78, 5) is 4.22. The average molecular weight is 252 g/mol. The monoisotopic (exact) mass is 251 g/mol. The Bertz CT molecular complexity index is 462. The van der Waals surface area contributed by atoms with E-state index in [-0.39, 0.29) is 0 Å². The first-order valence-electron chi connectivity index (χ1n) is 4.29. The van der Waals surface area contributed by atoms with Crippen molar-refractivity contribution in [1.82, 2.24) is 14.8 Å². The third kappa shape index (κ3) is 1.70. The van der Waals surface area contributed by atoms with E-state index in [0.29, 0.717) is 0 Å². The Kier molecular flexibility index (Phi) is 2.37. The molecule has 1 heterocycles. The second kappa shape index (κ2) is 3.53. The lowest BCUT2D eigenvalue weighted by Gasteiger charge is -2.01. The number of aryl methyl sites for hydroxylation is 2. The van der Waals surface area contributed by atoms with Crippen LogP contribution >= 0.6 is 15.9 Å². The molecule has 0 amide bonds. The topological polar surface area (TPSA) is 30.7 Å². The van der Waals surface area contributed by atoms with E-state index in [2.05, 4.69) is 39.0 Å². The molecule has 1 aromatic heterocycles. The van der Waals surface area contributed by atoms with Crippen LogP contribution in [0.15, 0.2) is 29.0 Å². The van der Waals surface area contributed by atoms with Crippen LogP contribution in [-0.2, 0) is 7.05 Å². The predicted octanol–water partition coefficient (Wildman–Crippen LogP) is 2.55. The minimum absolute atomic E-state index is 0.770. The number of aromatic nitrogens is 3. The number of hydrogen-bond donors (Lipinski definition) is 0. The van der Waals surface area contributed by atoms with Crippen molar-refractivity contribution < 1.29 is 0 Å². The molecular formula is C10H10BrN3. The van der Waals surface area contributed by atoms with Gasteiger partial charge in [0.05, 0.1) is 0 Å². The minimum atomic E-state index is 0.770. The summed E-state index contributed by atoms with van der Waals surface area (Å²) < 4.78 is 2.75. The Labute approximate surface area is 90.9 Å².